The highest BCUT2D eigenvalue weighted by molar-refractivity contribution is 4.84. The van der Waals surface area contributed by atoms with Crippen molar-refractivity contribution in [2.45, 2.75) is 41.0 Å². The molecule has 0 bridgehead atoms. The van der Waals surface area contributed by atoms with Crippen molar-refractivity contribution in [1.82, 2.24) is 0 Å². The standard InChI is InChI=1S/C5H10.C4H8.CH4/c1-4-5(2)3;1-3-4-2;/h2,4H2,1,3H3;3H,1,4H2,2H3;1H4. The zero-order valence-electron chi connectivity index (χ0n) is 6.91. The summed E-state index contributed by atoms with van der Waals surface area (Å²) in [6.07, 6.45) is 4.07. The maximum Gasteiger partial charge on any atom is -0.0354 e. The Bertz CT molecular complexity index is 70.1. The first kappa shape index (κ1) is 16.2. The van der Waals surface area contributed by atoms with Crippen LogP contribution in [0.4, 0.5) is 0 Å². The van der Waals surface area contributed by atoms with E-state index in [9.17, 15) is 0 Å². The Hall–Kier alpha value is -0.520. The second kappa shape index (κ2) is 15.8. The molecule has 0 spiro atoms. The Morgan fingerprint density at radius 1 is 1.40 bits per heavy atom. The molecule has 0 rings (SSSR count). The van der Waals surface area contributed by atoms with Gasteiger partial charge >= 0.3 is 0 Å². The van der Waals surface area contributed by atoms with E-state index >= 15 is 0 Å². The average Bonchev–Trinajstić information content (AvgIpc) is 1.89. The summed E-state index contributed by atoms with van der Waals surface area (Å²) in [6, 6.07) is 0. The maximum atomic E-state index is 3.67. The highest BCUT2D eigenvalue weighted by Crippen LogP contribution is 1.88. The maximum absolute atomic E-state index is 3.67. The van der Waals surface area contributed by atoms with Gasteiger partial charge in [0.2, 0.25) is 0 Å². The van der Waals surface area contributed by atoms with E-state index < -0.39 is 0 Å². The Morgan fingerprint density at radius 2 is 1.60 bits per heavy atom. The number of rotatable bonds is 2. The molecule has 0 aliphatic rings. The molecule has 0 saturated carbocycles. The third-order valence-corrected chi connectivity index (χ3v) is 0.892. The highest BCUT2D eigenvalue weighted by atomic mass is 13.7. The Kier molecular flexibility index (Phi) is 25.7. The lowest BCUT2D eigenvalue weighted by atomic mass is 10.3. The summed E-state index contributed by atoms with van der Waals surface area (Å²) in [7, 11) is 0. The molecule has 0 heterocycles. The summed E-state index contributed by atoms with van der Waals surface area (Å²) in [6.45, 7) is 13.3. The van der Waals surface area contributed by atoms with Gasteiger partial charge in [-0.2, -0.15) is 0 Å². The molecule has 0 fully saturated rings. The normalized spacial score (nSPS) is 6.30. The summed E-state index contributed by atoms with van der Waals surface area (Å²) in [4.78, 5) is 0. The number of hydrogen-bond donors (Lipinski definition) is 0. The molecule has 0 aliphatic heterocycles. The summed E-state index contributed by atoms with van der Waals surface area (Å²) in [5, 5.41) is 0. The third-order valence-electron chi connectivity index (χ3n) is 0.892. The molecule has 0 aromatic heterocycles. The first-order chi connectivity index (χ1) is 4.18. The van der Waals surface area contributed by atoms with Crippen LogP contribution in [-0.4, -0.2) is 0 Å². The van der Waals surface area contributed by atoms with Crippen LogP contribution in [0.15, 0.2) is 24.8 Å². The average molecular weight is 142 g/mol. The lowest BCUT2D eigenvalue weighted by Crippen LogP contribution is -1.58. The summed E-state index contributed by atoms with van der Waals surface area (Å²) in [5.74, 6) is 0. The molecule has 0 amide bonds. The summed E-state index contributed by atoms with van der Waals surface area (Å²) >= 11 is 0. The van der Waals surface area contributed by atoms with E-state index in [1.165, 1.54) is 5.57 Å². The Balaban J connectivity index is -0.0000000910. The van der Waals surface area contributed by atoms with Crippen molar-refractivity contribution in [2.75, 3.05) is 0 Å². The first-order valence-corrected chi connectivity index (χ1v) is 3.44. The monoisotopic (exact) mass is 142 g/mol. The highest BCUT2D eigenvalue weighted by Gasteiger charge is 1.67. The fourth-order valence-corrected chi connectivity index (χ4v) is 0. The van der Waals surface area contributed by atoms with Crippen molar-refractivity contribution < 1.29 is 0 Å². The van der Waals surface area contributed by atoms with Gasteiger partial charge in [0.15, 0.2) is 0 Å². The zero-order chi connectivity index (χ0) is 7.70. The molecule has 0 aliphatic carbocycles. The molecule has 0 N–H and O–H groups in total. The SMILES string of the molecule is C.C=C(C)CC.C=CCC. The second-order valence-electron chi connectivity index (χ2n) is 2.01. The van der Waals surface area contributed by atoms with Crippen molar-refractivity contribution in [3.05, 3.63) is 24.8 Å². The van der Waals surface area contributed by atoms with Gasteiger partial charge in [-0.15, -0.1) is 13.2 Å². The van der Waals surface area contributed by atoms with E-state index in [1.54, 1.807) is 0 Å². The van der Waals surface area contributed by atoms with Gasteiger partial charge in [0.05, 0.1) is 0 Å². The molecule has 0 unspecified atom stereocenters. The Morgan fingerprint density at radius 3 is 1.60 bits per heavy atom. The summed E-state index contributed by atoms with van der Waals surface area (Å²) in [5.41, 5.74) is 1.25. The van der Waals surface area contributed by atoms with Gasteiger partial charge < -0.3 is 0 Å². The predicted octanol–water partition coefficient (Wildman–Crippen LogP) is 4.19. The van der Waals surface area contributed by atoms with Crippen LogP contribution in [0.1, 0.15) is 41.0 Å². The molecule has 0 saturated heterocycles. The van der Waals surface area contributed by atoms with Gasteiger partial charge in [-0.1, -0.05) is 32.9 Å². The molecule has 0 heteroatoms. The third kappa shape index (κ3) is 51.1. The quantitative estimate of drug-likeness (QED) is 0.507. The van der Waals surface area contributed by atoms with E-state index in [-0.39, 0.29) is 7.43 Å². The first-order valence-electron chi connectivity index (χ1n) is 3.44. The minimum Gasteiger partial charge on any atom is -0.103 e. The van der Waals surface area contributed by atoms with Crippen LogP contribution in [0.3, 0.4) is 0 Å². The van der Waals surface area contributed by atoms with Gasteiger partial charge in [-0.05, 0) is 19.8 Å². The van der Waals surface area contributed by atoms with Crippen LogP contribution in [0, 0.1) is 0 Å². The fourth-order valence-electron chi connectivity index (χ4n) is 0. The molecule has 0 atom stereocenters. The minimum atomic E-state index is 0. The molecular formula is C10H22. The fraction of sp³-hybridized carbons (Fsp3) is 0.600. The van der Waals surface area contributed by atoms with Gasteiger partial charge in [0.1, 0.15) is 0 Å². The summed E-state index contributed by atoms with van der Waals surface area (Å²) < 4.78 is 0. The smallest absolute Gasteiger partial charge is 0.0354 e. The topological polar surface area (TPSA) is 0 Å². The molecule has 0 nitrogen and oxygen atoms in total. The van der Waals surface area contributed by atoms with Gasteiger partial charge in [0, 0.05) is 0 Å². The van der Waals surface area contributed by atoms with E-state index in [2.05, 4.69) is 27.0 Å². The minimum absolute atomic E-state index is 0. The van der Waals surface area contributed by atoms with Gasteiger partial charge in [0.25, 0.3) is 0 Å². The lowest BCUT2D eigenvalue weighted by Gasteiger charge is -1.79. The molecule has 0 aromatic carbocycles. The van der Waals surface area contributed by atoms with Crippen LogP contribution in [0.2, 0.25) is 0 Å². The van der Waals surface area contributed by atoms with Crippen LogP contribution >= 0.6 is 0 Å². The number of hydrogen-bond acceptors (Lipinski definition) is 0. The van der Waals surface area contributed by atoms with Crippen molar-refractivity contribution in [1.29, 1.82) is 0 Å². The number of allylic oxidation sites excluding steroid dienone is 2. The molecular weight excluding hydrogens is 120 g/mol. The molecule has 10 heavy (non-hydrogen) atoms. The van der Waals surface area contributed by atoms with E-state index in [1.807, 2.05) is 13.0 Å². The molecule has 0 aromatic rings. The van der Waals surface area contributed by atoms with E-state index in [0.29, 0.717) is 0 Å². The van der Waals surface area contributed by atoms with Crippen LogP contribution in [-0.2, 0) is 0 Å². The lowest BCUT2D eigenvalue weighted by molar-refractivity contribution is 1.11. The van der Waals surface area contributed by atoms with E-state index in [4.69, 9.17) is 0 Å². The molecule has 0 radical (unpaired) electrons. The largest absolute Gasteiger partial charge is 0.103 e. The second-order valence-corrected chi connectivity index (χ2v) is 2.01. The van der Waals surface area contributed by atoms with Crippen LogP contribution in [0.5, 0.6) is 0 Å². The van der Waals surface area contributed by atoms with E-state index in [0.717, 1.165) is 12.8 Å². The van der Waals surface area contributed by atoms with Crippen molar-refractivity contribution in [3.63, 3.8) is 0 Å². The van der Waals surface area contributed by atoms with Gasteiger partial charge in [-0.25, -0.2) is 0 Å². The van der Waals surface area contributed by atoms with Gasteiger partial charge in [-0.3, -0.25) is 0 Å². The molecule has 62 valence electrons. The Labute approximate surface area is 66.7 Å². The van der Waals surface area contributed by atoms with Crippen LogP contribution in [0.25, 0.3) is 0 Å². The van der Waals surface area contributed by atoms with Crippen molar-refractivity contribution in [2.24, 2.45) is 0 Å². The zero-order valence-corrected chi connectivity index (χ0v) is 6.91. The van der Waals surface area contributed by atoms with Crippen LogP contribution < -0.4 is 0 Å². The van der Waals surface area contributed by atoms with Crippen molar-refractivity contribution in [3.8, 4) is 0 Å². The predicted molar refractivity (Wildman–Crippen MR) is 52.3 cm³/mol. The van der Waals surface area contributed by atoms with Crippen molar-refractivity contribution >= 4 is 0 Å².